The summed E-state index contributed by atoms with van der Waals surface area (Å²) in [6.07, 6.45) is -3.41. The Morgan fingerprint density at radius 2 is 2.00 bits per heavy atom. The van der Waals surface area contributed by atoms with Crippen LogP contribution in [-0.2, 0) is 17.5 Å². The van der Waals surface area contributed by atoms with Crippen LogP contribution in [0.25, 0.3) is 0 Å². The molecule has 1 heterocycles. The smallest absolute Gasteiger partial charge is 0.435 e. The van der Waals surface area contributed by atoms with Gasteiger partial charge >= 0.3 is 12.3 Å². The molecule has 0 aliphatic carbocycles. The second kappa shape index (κ2) is 7.33. The topological polar surface area (TPSA) is 43.6 Å². The molecule has 2 rings (SSSR count). The SMILES string of the molecule is CCOC(=O)N=c1ccc(C)cn1Cc1cccc(C(F)(F)F)c1. The summed E-state index contributed by atoms with van der Waals surface area (Å²) in [7, 11) is 0. The number of aryl methyl sites for hydroxylation is 1. The molecular formula is C17H17F3N2O2. The molecule has 0 saturated carbocycles. The maximum Gasteiger partial charge on any atom is 0.435 e. The van der Waals surface area contributed by atoms with Gasteiger partial charge in [-0.15, -0.1) is 0 Å². The lowest BCUT2D eigenvalue weighted by Crippen LogP contribution is -2.23. The maximum atomic E-state index is 12.8. The molecule has 0 aliphatic rings. The number of carbonyl (C=O) groups excluding carboxylic acids is 1. The highest BCUT2D eigenvalue weighted by atomic mass is 19.4. The van der Waals surface area contributed by atoms with Gasteiger partial charge in [0.25, 0.3) is 0 Å². The number of nitrogens with zero attached hydrogens (tertiary/aromatic N) is 2. The van der Waals surface area contributed by atoms with Crippen molar-refractivity contribution >= 4 is 6.09 Å². The van der Waals surface area contributed by atoms with Crippen molar-refractivity contribution in [2.75, 3.05) is 6.61 Å². The Labute approximate surface area is 137 Å². The molecule has 1 aromatic heterocycles. The van der Waals surface area contributed by atoms with Crippen molar-refractivity contribution < 1.29 is 22.7 Å². The van der Waals surface area contributed by atoms with Crippen LogP contribution < -0.4 is 5.49 Å². The van der Waals surface area contributed by atoms with Crippen molar-refractivity contribution in [3.8, 4) is 0 Å². The number of hydrogen-bond donors (Lipinski definition) is 0. The first-order valence-corrected chi connectivity index (χ1v) is 7.34. The molecule has 1 amide bonds. The minimum atomic E-state index is -4.40. The van der Waals surface area contributed by atoms with Gasteiger partial charge in [0, 0.05) is 12.7 Å². The number of benzene rings is 1. The first-order valence-electron chi connectivity index (χ1n) is 7.34. The maximum absolute atomic E-state index is 12.8. The molecular weight excluding hydrogens is 321 g/mol. The molecule has 0 saturated heterocycles. The standard InChI is InChI=1S/C17H17F3N2O2/c1-3-24-16(23)21-15-8-7-12(2)10-22(15)11-13-5-4-6-14(9-13)17(18,19)20/h4-10H,3,11H2,1-2H3. The van der Waals surface area contributed by atoms with Gasteiger partial charge in [0.1, 0.15) is 5.49 Å². The van der Waals surface area contributed by atoms with Gasteiger partial charge in [-0.25, -0.2) is 4.79 Å². The lowest BCUT2D eigenvalue weighted by molar-refractivity contribution is -0.137. The fourth-order valence-corrected chi connectivity index (χ4v) is 2.18. The summed E-state index contributed by atoms with van der Waals surface area (Å²) in [4.78, 5) is 15.4. The molecule has 2 aromatic rings. The molecule has 0 aliphatic heterocycles. The summed E-state index contributed by atoms with van der Waals surface area (Å²) < 4.78 is 44.9. The van der Waals surface area contributed by atoms with Crippen molar-refractivity contribution in [3.63, 3.8) is 0 Å². The van der Waals surface area contributed by atoms with Crippen LogP contribution in [0.2, 0.25) is 0 Å². The third-order valence-corrected chi connectivity index (χ3v) is 3.23. The molecule has 7 heteroatoms. The number of rotatable bonds is 3. The average Bonchev–Trinajstić information content (AvgIpc) is 2.50. The lowest BCUT2D eigenvalue weighted by Gasteiger charge is -2.11. The summed E-state index contributed by atoms with van der Waals surface area (Å²) in [5.74, 6) is 0. The molecule has 4 nitrogen and oxygen atoms in total. The Bertz CT molecular complexity index is 795. The third-order valence-electron chi connectivity index (χ3n) is 3.23. The fraction of sp³-hybridized carbons (Fsp3) is 0.294. The van der Waals surface area contributed by atoms with Crippen molar-refractivity contribution in [1.29, 1.82) is 0 Å². The van der Waals surface area contributed by atoms with Gasteiger partial charge in [-0.05, 0) is 43.2 Å². The Morgan fingerprint density at radius 3 is 2.67 bits per heavy atom. The number of amides is 1. The summed E-state index contributed by atoms with van der Waals surface area (Å²) in [5.41, 5.74) is 0.958. The molecule has 0 N–H and O–H groups in total. The summed E-state index contributed by atoms with van der Waals surface area (Å²) in [5, 5.41) is 0. The molecule has 0 atom stereocenters. The van der Waals surface area contributed by atoms with Crippen LogP contribution in [0.1, 0.15) is 23.6 Å². The Kier molecular flexibility index (Phi) is 5.43. The van der Waals surface area contributed by atoms with Crippen molar-refractivity contribution in [2.45, 2.75) is 26.6 Å². The van der Waals surface area contributed by atoms with Crippen molar-refractivity contribution in [1.82, 2.24) is 4.57 Å². The highest BCUT2D eigenvalue weighted by Crippen LogP contribution is 2.29. The van der Waals surface area contributed by atoms with E-state index in [1.54, 1.807) is 35.9 Å². The van der Waals surface area contributed by atoms with Crippen LogP contribution in [0.15, 0.2) is 47.6 Å². The van der Waals surface area contributed by atoms with E-state index in [0.29, 0.717) is 11.1 Å². The zero-order chi connectivity index (χ0) is 17.7. The predicted octanol–water partition coefficient (Wildman–Crippen LogP) is 3.92. The second-order valence-corrected chi connectivity index (χ2v) is 5.20. The molecule has 24 heavy (non-hydrogen) atoms. The molecule has 1 aromatic carbocycles. The van der Waals surface area contributed by atoms with Gasteiger partial charge in [-0.3, -0.25) is 0 Å². The van der Waals surface area contributed by atoms with Crippen LogP contribution in [0.5, 0.6) is 0 Å². The van der Waals surface area contributed by atoms with Gasteiger partial charge < -0.3 is 9.30 Å². The molecule has 0 radical (unpaired) electrons. The summed E-state index contributed by atoms with van der Waals surface area (Å²) in [6.45, 7) is 3.86. The number of aromatic nitrogens is 1. The quantitative estimate of drug-likeness (QED) is 0.851. The minimum Gasteiger partial charge on any atom is -0.448 e. The molecule has 0 fully saturated rings. The Morgan fingerprint density at radius 1 is 1.25 bits per heavy atom. The van der Waals surface area contributed by atoms with Gasteiger partial charge in [-0.2, -0.15) is 18.2 Å². The van der Waals surface area contributed by atoms with E-state index in [2.05, 4.69) is 4.99 Å². The van der Waals surface area contributed by atoms with Crippen LogP contribution in [0.4, 0.5) is 18.0 Å². The van der Waals surface area contributed by atoms with Crippen LogP contribution in [-0.4, -0.2) is 17.3 Å². The second-order valence-electron chi connectivity index (χ2n) is 5.20. The molecule has 0 bridgehead atoms. The Hall–Kier alpha value is -2.57. The molecule has 0 unspecified atom stereocenters. The van der Waals surface area contributed by atoms with E-state index in [0.717, 1.165) is 17.7 Å². The minimum absolute atomic E-state index is 0.157. The number of pyridine rings is 1. The van der Waals surface area contributed by atoms with Crippen LogP contribution in [0, 0.1) is 6.92 Å². The number of ether oxygens (including phenoxy) is 1. The van der Waals surface area contributed by atoms with E-state index in [9.17, 15) is 18.0 Å². The number of hydrogen-bond acceptors (Lipinski definition) is 2. The van der Waals surface area contributed by atoms with E-state index in [1.165, 1.54) is 6.07 Å². The highest BCUT2D eigenvalue weighted by molar-refractivity contribution is 5.68. The van der Waals surface area contributed by atoms with Crippen LogP contribution in [0.3, 0.4) is 0 Å². The Balaban J connectivity index is 2.39. The predicted molar refractivity (Wildman–Crippen MR) is 82.3 cm³/mol. The summed E-state index contributed by atoms with van der Waals surface area (Å²) >= 11 is 0. The van der Waals surface area contributed by atoms with E-state index in [-0.39, 0.29) is 13.2 Å². The van der Waals surface area contributed by atoms with E-state index in [4.69, 9.17) is 4.74 Å². The van der Waals surface area contributed by atoms with E-state index < -0.39 is 17.8 Å². The molecule has 0 spiro atoms. The largest absolute Gasteiger partial charge is 0.448 e. The monoisotopic (exact) mass is 338 g/mol. The van der Waals surface area contributed by atoms with Crippen molar-refractivity contribution in [2.24, 2.45) is 4.99 Å². The van der Waals surface area contributed by atoms with Gasteiger partial charge in [-0.1, -0.05) is 18.2 Å². The van der Waals surface area contributed by atoms with Gasteiger partial charge in [0.05, 0.1) is 12.2 Å². The lowest BCUT2D eigenvalue weighted by atomic mass is 10.1. The first-order chi connectivity index (χ1) is 11.3. The first kappa shape index (κ1) is 17.8. The number of halogens is 3. The third kappa shape index (κ3) is 4.71. The van der Waals surface area contributed by atoms with E-state index >= 15 is 0 Å². The summed E-state index contributed by atoms with van der Waals surface area (Å²) in [6, 6.07) is 8.45. The van der Waals surface area contributed by atoms with Gasteiger partial charge in [0.15, 0.2) is 0 Å². The zero-order valence-electron chi connectivity index (χ0n) is 13.3. The highest BCUT2D eigenvalue weighted by Gasteiger charge is 2.30. The van der Waals surface area contributed by atoms with Gasteiger partial charge in [0.2, 0.25) is 0 Å². The van der Waals surface area contributed by atoms with Crippen LogP contribution >= 0.6 is 0 Å². The normalized spacial score (nSPS) is 12.3. The zero-order valence-corrected chi connectivity index (χ0v) is 13.3. The average molecular weight is 338 g/mol. The number of carbonyl (C=O) groups is 1. The van der Waals surface area contributed by atoms with E-state index in [1.807, 2.05) is 6.92 Å². The molecule has 128 valence electrons. The fourth-order valence-electron chi connectivity index (χ4n) is 2.18. The number of alkyl halides is 3. The van der Waals surface area contributed by atoms with Crippen molar-refractivity contribution in [3.05, 3.63) is 64.8 Å².